The molecule has 2 heterocycles. The zero-order chi connectivity index (χ0) is 17.2. The first kappa shape index (κ1) is 15.7. The minimum Gasteiger partial charge on any atom is -0.296 e. The molecule has 0 unspecified atom stereocenters. The molecule has 4 rings (SSSR count). The number of rotatable bonds is 5. The third kappa shape index (κ3) is 2.87. The molecule has 0 aliphatic rings. The van der Waals surface area contributed by atoms with E-state index >= 15 is 0 Å². The molecule has 0 fully saturated rings. The Labute approximate surface area is 149 Å². The van der Waals surface area contributed by atoms with E-state index in [-0.39, 0.29) is 0 Å². The number of hydrogen-bond donors (Lipinski definition) is 0. The van der Waals surface area contributed by atoms with Gasteiger partial charge in [-0.3, -0.25) is 4.79 Å². The van der Waals surface area contributed by atoms with Crippen LogP contribution in [0, 0.1) is 0 Å². The lowest BCUT2D eigenvalue weighted by Crippen LogP contribution is -1.95. The Morgan fingerprint density at radius 2 is 1.68 bits per heavy atom. The molecule has 4 aromatic rings. The number of aromatic nitrogens is 3. The minimum absolute atomic E-state index is 0.515. The van der Waals surface area contributed by atoms with Gasteiger partial charge in [-0.1, -0.05) is 72.9 Å². The van der Waals surface area contributed by atoms with Gasteiger partial charge in [0.25, 0.3) is 0 Å². The van der Waals surface area contributed by atoms with Gasteiger partial charge in [-0.25, -0.2) is 4.98 Å². The van der Waals surface area contributed by atoms with Gasteiger partial charge < -0.3 is 0 Å². The average molecular weight is 347 g/mol. The van der Waals surface area contributed by atoms with Gasteiger partial charge in [0.15, 0.2) is 6.29 Å². The molecule has 25 heavy (non-hydrogen) atoms. The van der Waals surface area contributed by atoms with Crippen molar-refractivity contribution in [3.05, 3.63) is 65.3 Å². The van der Waals surface area contributed by atoms with Crippen molar-refractivity contribution in [1.29, 1.82) is 0 Å². The lowest BCUT2D eigenvalue weighted by Gasteiger charge is -2.03. The number of benzene rings is 2. The molecule has 5 heteroatoms. The predicted molar refractivity (Wildman–Crippen MR) is 101 cm³/mol. The fourth-order valence-electron chi connectivity index (χ4n) is 2.89. The lowest BCUT2D eigenvalue weighted by molar-refractivity contribution is 0.111. The third-order valence-corrected chi connectivity index (χ3v) is 5.09. The number of imidazole rings is 1. The normalized spacial score (nSPS) is 11.1. The van der Waals surface area contributed by atoms with E-state index in [9.17, 15) is 4.79 Å². The number of fused-ring (bicyclic) bond motifs is 1. The van der Waals surface area contributed by atoms with Crippen molar-refractivity contribution in [3.8, 4) is 22.4 Å². The Balaban J connectivity index is 1.74. The maximum absolute atomic E-state index is 11.6. The highest BCUT2D eigenvalue weighted by atomic mass is 32.1. The summed E-state index contributed by atoms with van der Waals surface area (Å²) in [5.41, 5.74) is 4.44. The summed E-state index contributed by atoms with van der Waals surface area (Å²) in [6, 6.07) is 18.4. The van der Waals surface area contributed by atoms with Crippen LogP contribution in [-0.4, -0.2) is 20.9 Å². The van der Waals surface area contributed by atoms with Gasteiger partial charge in [-0.2, -0.15) is 9.61 Å². The molecule has 0 atom stereocenters. The Morgan fingerprint density at radius 3 is 2.36 bits per heavy atom. The number of aldehydes is 1. The SMILES string of the molecule is CCCc1nn2c(C=O)c(-c3ccc(-c4ccccc4)cc3)nc2s1. The van der Waals surface area contributed by atoms with E-state index in [0.29, 0.717) is 11.4 Å². The fraction of sp³-hybridized carbons (Fsp3) is 0.150. The van der Waals surface area contributed by atoms with Crippen LogP contribution in [0.2, 0.25) is 0 Å². The fourth-order valence-corrected chi connectivity index (χ4v) is 3.89. The molecule has 0 aliphatic carbocycles. The highest BCUT2D eigenvalue weighted by molar-refractivity contribution is 7.16. The average Bonchev–Trinajstić information content (AvgIpc) is 3.20. The first-order valence-electron chi connectivity index (χ1n) is 8.29. The number of carbonyl (C=O) groups excluding carboxylic acids is 1. The van der Waals surface area contributed by atoms with Crippen molar-refractivity contribution in [2.75, 3.05) is 0 Å². The smallest absolute Gasteiger partial charge is 0.213 e. The number of hydrogen-bond acceptors (Lipinski definition) is 4. The minimum atomic E-state index is 0.515. The van der Waals surface area contributed by atoms with Crippen molar-refractivity contribution in [3.63, 3.8) is 0 Å². The van der Waals surface area contributed by atoms with E-state index in [1.165, 1.54) is 5.56 Å². The zero-order valence-electron chi connectivity index (χ0n) is 13.8. The number of nitrogens with zero attached hydrogens (tertiary/aromatic N) is 3. The van der Waals surface area contributed by atoms with Gasteiger partial charge in [0, 0.05) is 12.0 Å². The number of carbonyl (C=O) groups is 1. The largest absolute Gasteiger partial charge is 0.296 e. The Hall–Kier alpha value is -2.79. The van der Waals surface area contributed by atoms with Gasteiger partial charge in [0.05, 0.1) is 0 Å². The predicted octanol–water partition coefficient (Wildman–Crippen LogP) is 4.89. The molecule has 0 aliphatic heterocycles. The molecule has 0 amide bonds. The van der Waals surface area contributed by atoms with Gasteiger partial charge in [0.2, 0.25) is 4.96 Å². The van der Waals surface area contributed by atoms with E-state index in [2.05, 4.69) is 41.3 Å². The first-order valence-corrected chi connectivity index (χ1v) is 9.11. The van der Waals surface area contributed by atoms with Crippen molar-refractivity contribution < 1.29 is 4.79 Å². The quantitative estimate of drug-likeness (QED) is 0.483. The van der Waals surface area contributed by atoms with Gasteiger partial charge in [-0.05, 0) is 17.5 Å². The van der Waals surface area contributed by atoms with Crippen molar-refractivity contribution in [1.82, 2.24) is 14.6 Å². The van der Waals surface area contributed by atoms with E-state index in [1.807, 2.05) is 30.3 Å². The summed E-state index contributed by atoms with van der Waals surface area (Å²) in [5.74, 6) is 0. The zero-order valence-corrected chi connectivity index (χ0v) is 14.7. The molecule has 0 N–H and O–H groups in total. The molecule has 0 bridgehead atoms. The Kier molecular flexibility index (Phi) is 4.15. The van der Waals surface area contributed by atoms with Crippen molar-refractivity contribution in [2.45, 2.75) is 19.8 Å². The maximum atomic E-state index is 11.6. The molecule has 0 saturated carbocycles. The van der Waals surface area contributed by atoms with Crippen LogP contribution in [0.4, 0.5) is 0 Å². The van der Waals surface area contributed by atoms with Gasteiger partial charge in [-0.15, -0.1) is 0 Å². The molecular formula is C20H17N3OS. The van der Waals surface area contributed by atoms with Crippen LogP contribution in [-0.2, 0) is 6.42 Å². The van der Waals surface area contributed by atoms with Crippen molar-refractivity contribution >= 4 is 22.6 Å². The second-order valence-electron chi connectivity index (χ2n) is 5.85. The highest BCUT2D eigenvalue weighted by Crippen LogP contribution is 2.28. The monoisotopic (exact) mass is 347 g/mol. The standard InChI is InChI=1S/C20H17N3OS/c1-2-6-18-22-23-17(13-24)19(21-20(23)25-18)16-11-9-15(10-12-16)14-7-4-3-5-8-14/h3-5,7-13H,2,6H2,1H3. The number of aryl methyl sites for hydroxylation is 1. The summed E-state index contributed by atoms with van der Waals surface area (Å²) < 4.78 is 1.67. The van der Waals surface area contributed by atoms with Crippen LogP contribution in [0.15, 0.2) is 54.6 Å². The molecule has 0 radical (unpaired) electrons. The maximum Gasteiger partial charge on any atom is 0.213 e. The van der Waals surface area contributed by atoms with Crippen LogP contribution in [0.5, 0.6) is 0 Å². The Bertz CT molecular complexity index is 1020. The summed E-state index contributed by atoms with van der Waals surface area (Å²) in [6.45, 7) is 2.12. The van der Waals surface area contributed by atoms with E-state index in [0.717, 1.165) is 40.2 Å². The van der Waals surface area contributed by atoms with Crippen molar-refractivity contribution in [2.24, 2.45) is 0 Å². The van der Waals surface area contributed by atoms with E-state index < -0.39 is 0 Å². The highest BCUT2D eigenvalue weighted by Gasteiger charge is 2.17. The van der Waals surface area contributed by atoms with Gasteiger partial charge >= 0.3 is 0 Å². The molecule has 124 valence electrons. The van der Waals surface area contributed by atoms with Crippen LogP contribution in [0.3, 0.4) is 0 Å². The lowest BCUT2D eigenvalue weighted by atomic mass is 10.0. The topological polar surface area (TPSA) is 47.3 Å². The van der Waals surface area contributed by atoms with Gasteiger partial charge in [0.1, 0.15) is 16.4 Å². The van der Waals surface area contributed by atoms with E-state index in [4.69, 9.17) is 0 Å². The molecule has 0 spiro atoms. The van der Waals surface area contributed by atoms with Crippen LogP contribution in [0.25, 0.3) is 27.3 Å². The molecule has 2 aromatic heterocycles. The first-order chi connectivity index (χ1) is 12.3. The Morgan fingerprint density at radius 1 is 1.00 bits per heavy atom. The summed E-state index contributed by atoms with van der Waals surface area (Å²) in [7, 11) is 0. The summed E-state index contributed by atoms with van der Waals surface area (Å²) in [5, 5.41) is 5.54. The van der Waals surface area contributed by atoms with E-state index in [1.54, 1.807) is 15.9 Å². The van der Waals surface area contributed by atoms with Crippen LogP contribution >= 0.6 is 11.3 Å². The molecule has 4 nitrogen and oxygen atoms in total. The molecule has 2 aromatic carbocycles. The third-order valence-electron chi connectivity index (χ3n) is 4.12. The van der Waals surface area contributed by atoms with Crippen LogP contribution in [0.1, 0.15) is 28.8 Å². The second kappa shape index (κ2) is 6.61. The molecular weight excluding hydrogens is 330 g/mol. The second-order valence-corrected chi connectivity index (χ2v) is 6.89. The van der Waals surface area contributed by atoms with Crippen LogP contribution < -0.4 is 0 Å². The molecule has 0 saturated heterocycles. The summed E-state index contributed by atoms with van der Waals surface area (Å²) >= 11 is 1.55. The summed E-state index contributed by atoms with van der Waals surface area (Å²) in [4.78, 5) is 17.1. The summed E-state index contributed by atoms with van der Waals surface area (Å²) in [6.07, 6.45) is 2.78.